The molecule has 3 aliphatic heterocycles. The molecular weight excluding hydrogens is 477 g/mol. The lowest BCUT2D eigenvalue weighted by Crippen LogP contribution is -2.47. The molecule has 3 heterocycles. The molecule has 184 valence electrons. The summed E-state index contributed by atoms with van der Waals surface area (Å²) in [4.78, 5) is 11.2. The summed E-state index contributed by atoms with van der Waals surface area (Å²) in [5.74, 6) is -1.18. The molecule has 0 amide bonds. The van der Waals surface area contributed by atoms with E-state index in [-0.39, 0.29) is 6.79 Å². The van der Waals surface area contributed by atoms with Crippen molar-refractivity contribution >= 4 is 21.7 Å². The first-order valence-electron chi connectivity index (χ1n) is 10.4. The van der Waals surface area contributed by atoms with Gasteiger partial charge in [0.1, 0.15) is 4.75 Å². The second-order valence-corrected chi connectivity index (χ2v) is 10.5. The number of sulfonamides is 1. The van der Waals surface area contributed by atoms with Crippen LogP contribution in [0.1, 0.15) is 24.0 Å². The third-order valence-corrected chi connectivity index (χ3v) is 8.87. The average Bonchev–Trinajstić information content (AvgIpc) is 3.32. The van der Waals surface area contributed by atoms with Crippen molar-refractivity contribution in [3.8, 4) is 11.5 Å². The highest BCUT2D eigenvalue weighted by molar-refractivity contribution is 7.94. The predicted molar refractivity (Wildman–Crippen MR) is 116 cm³/mol. The smallest absolute Gasteiger partial charge is 0.475 e. The molecular formula is C22H23F3N2O6S. The first-order valence-corrected chi connectivity index (χ1v) is 11.9. The average molecular weight is 500 g/mol. The molecule has 0 unspecified atom stereocenters. The fourth-order valence-electron chi connectivity index (χ4n) is 4.56. The molecule has 3 aliphatic rings. The van der Waals surface area contributed by atoms with Crippen molar-refractivity contribution < 1.29 is 41.0 Å². The van der Waals surface area contributed by atoms with Crippen LogP contribution >= 0.6 is 0 Å². The van der Waals surface area contributed by atoms with Crippen LogP contribution in [0.5, 0.6) is 11.5 Å². The molecule has 2 aromatic rings. The number of halogens is 3. The summed E-state index contributed by atoms with van der Waals surface area (Å²) in [7, 11) is -1.71. The zero-order valence-corrected chi connectivity index (χ0v) is 19.0. The number of nitrogens with zero attached hydrogens (tertiary/aromatic N) is 2. The molecule has 12 heteroatoms. The molecule has 1 fully saturated rings. The molecule has 1 spiro atoms. The van der Waals surface area contributed by atoms with Gasteiger partial charge in [-0.1, -0.05) is 24.3 Å². The number of carbonyl (C=O) groups is 1. The quantitative estimate of drug-likeness (QED) is 0.676. The summed E-state index contributed by atoms with van der Waals surface area (Å²) in [5, 5.41) is 7.12. The molecule has 8 nitrogen and oxygen atoms in total. The van der Waals surface area contributed by atoms with Gasteiger partial charge < -0.3 is 14.6 Å². The summed E-state index contributed by atoms with van der Waals surface area (Å²) in [6.45, 7) is 2.55. The molecule has 0 radical (unpaired) electrons. The number of para-hydroxylation sites is 1. The van der Waals surface area contributed by atoms with Crippen molar-refractivity contribution in [1.82, 2.24) is 4.90 Å². The van der Waals surface area contributed by atoms with Gasteiger partial charge in [-0.15, -0.1) is 0 Å². The van der Waals surface area contributed by atoms with E-state index in [1.807, 2.05) is 42.5 Å². The summed E-state index contributed by atoms with van der Waals surface area (Å²) in [5.41, 5.74) is 2.93. The van der Waals surface area contributed by atoms with Gasteiger partial charge in [0.05, 0.1) is 5.69 Å². The molecule has 34 heavy (non-hydrogen) atoms. The molecule has 0 bridgehead atoms. The number of carboxylic acid groups (broad SMARTS) is 1. The number of benzene rings is 2. The van der Waals surface area contributed by atoms with E-state index in [9.17, 15) is 21.6 Å². The van der Waals surface area contributed by atoms with Crippen molar-refractivity contribution in [2.75, 3.05) is 31.2 Å². The molecule has 1 N–H and O–H groups in total. The van der Waals surface area contributed by atoms with E-state index in [0.29, 0.717) is 12.8 Å². The van der Waals surface area contributed by atoms with E-state index in [1.165, 1.54) is 4.31 Å². The second kappa shape index (κ2) is 8.66. The van der Waals surface area contributed by atoms with E-state index >= 15 is 0 Å². The Balaban J connectivity index is 0.000000344. The lowest BCUT2D eigenvalue weighted by Gasteiger charge is -2.38. The number of piperidine rings is 1. The zero-order valence-electron chi connectivity index (χ0n) is 18.2. The normalized spacial score (nSPS) is 19.9. The van der Waals surface area contributed by atoms with Crippen molar-refractivity contribution in [3.63, 3.8) is 0 Å². The largest absolute Gasteiger partial charge is 0.490 e. The first kappa shape index (κ1) is 24.1. The number of ether oxygens (including phenoxy) is 2. The molecule has 5 rings (SSSR count). The lowest BCUT2D eigenvalue weighted by molar-refractivity contribution is -0.192. The van der Waals surface area contributed by atoms with Gasteiger partial charge in [-0.3, -0.25) is 9.21 Å². The summed E-state index contributed by atoms with van der Waals surface area (Å²) in [6.07, 6.45) is -3.86. The molecule has 0 saturated carbocycles. The Kier molecular flexibility index (Phi) is 6.15. The molecule has 0 aromatic heterocycles. The first-order chi connectivity index (χ1) is 16.0. The Morgan fingerprint density at radius 2 is 1.71 bits per heavy atom. The van der Waals surface area contributed by atoms with Crippen LogP contribution in [0.3, 0.4) is 0 Å². The van der Waals surface area contributed by atoms with Crippen LogP contribution < -0.4 is 13.8 Å². The van der Waals surface area contributed by atoms with E-state index in [4.69, 9.17) is 19.4 Å². The Morgan fingerprint density at radius 3 is 2.35 bits per heavy atom. The number of alkyl halides is 3. The van der Waals surface area contributed by atoms with Crippen LogP contribution in [0.2, 0.25) is 0 Å². The number of carboxylic acids is 1. The highest BCUT2D eigenvalue weighted by Gasteiger charge is 2.55. The standard InChI is InChI=1S/C20H22N2O4S.C2HF3O2/c1-21-17-5-3-2-4-16(17)20(27(21,23)24)8-10-22(11-9-20)13-15-6-7-18-19(12-15)26-14-25-18;3-2(4,5)1(6)7/h2-7,12H,8-11,13-14H2,1H3;(H,6,7). The number of fused-ring (bicyclic) bond motifs is 3. The maximum absolute atomic E-state index is 13.2. The Hall–Kier alpha value is -2.99. The fraction of sp³-hybridized carbons (Fsp3) is 0.409. The van der Waals surface area contributed by atoms with Crippen molar-refractivity contribution in [2.24, 2.45) is 0 Å². The Bertz CT molecular complexity index is 1190. The van der Waals surface area contributed by atoms with Crippen LogP contribution in [0.25, 0.3) is 0 Å². The van der Waals surface area contributed by atoms with Gasteiger partial charge in [-0.25, -0.2) is 13.2 Å². The van der Waals surface area contributed by atoms with Crippen molar-refractivity contribution in [2.45, 2.75) is 30.3 Å². The number of hydrogen-bond acceptors (Lipinski definition) is 6. The third kappa shape index (κ3) is 4.16. The summed E-state index contributed by atoms with van der Waals surface area (Å²) >= 11 is 0. The van der Waals surface area contributed by atoms with Gasteiger partial charge in [-0.05, 0) is 42.2 Å². The van der Waals surface area contributed by atoms with Gasteiger partial charge in [-0.2, -0.15) is 13.2 Å². The Labute approximate surface area is 194 Å². The SMILES string of the molecule is CN1c2ccccc2C2(CCN(Cc3ccc4c(c3)OCO4)CC2)S1(=O)=O.O=C(O)C(F)(F)F. The van der Waals surface area contributed by atoms with Crippen LogP contribution in [0.4, 0.5) is 18.9 Å². The van der Waals surface area contributed by atoms with Crippen LogP contribution in [-0.2, 0) is 26.1 Å². The molecule has 1 saturated heterocycles. The molecule has 0 aliphatic carbocycles. The minimum atomic E-state index is -5.08. The highest BCUT2D eigenvalue weighted by Crippen LogP contribution is 2.52. The number of rotatable bonds is 2. The predicted octanol–water partition coefficient (Wildman–Crippen LogP) is 3.32. The Morgan fingerprint density at radius 1 is 1.09 bits per heavy atom. The lowest BCUT2D eigenvalue weighted by atomic mass is 9.87. The van der Waals surface area contributed by atoms with Crippen LogP contribution in [-0.4, -0.2) is 57.5 Å². The van der Waals surface area contributed by atoms with Gasteiger partial charge in [0.15, 0.2) is 11.5 Å². The van der Waals surface area contributed by atoms with Crippen molar-refractivity contribution in [3.05, 3.63) is 53.6 Å². The molecule has 0 atom stereocenters. The maximum atomic E-state index is 13.2. The molecule has 2 aromatic carbocycles. The van der Waals surface area contributed by atoms with E-state index in [0.717, 1.165) is 47.9 Å². The maximum Gasteiger partial charge on any atom is 0.490 e. The van der Waals surface area contributed by atoms with Gasteiger partial charge >= 0.3 is 12.1 Å². The summed E-state index contributed by atoms with van der Waals surface area (Å²) < 4.78 is 69.6. The van der Waals surface area contributed by atoms with Gasteiger partial charge in [0.2, 0.25) is 16.8 Å². The van der Waals surface area contributed by atoms with E-state index in [1.54, 1.807) is 7.05 Å². The third-order valence-electron chi connectivity index (χ3n) is 6.34. The minimum absolute atomic E-state index is 0.274. The number of hydrogen-bond donors (Lipinski definition) is 1. The zero-order chi connectivity index (χ0) is 24.7. The minimum Gasteiger partial charge on any atom is -0.475 e. The monoisotopic (exact) mass is 500 g/mol. The van der Waals surface area contributed by atoms with Gasteiger partial charge in [0.25, 0.3) is 0 Å². The van der Waals surface area contributed by atoms with Crippen LogP contribution in [0.15, 0.2) is 42.5 Å². The second-order valence-electron chi connectivity index (χ2n) is 8.25. The number of likely N-dealkylation sites (tertiary alicyclic amines) is 1. The summed E-state index contributed by atoms with van der Waals surface area (Å²) in [6, 6.07) is 13.7. The fourth-order valence-corrected chi connectivity index (χ4v) is 6.65. The van der Waals surface area contributed by atoms with Crippen molar-refractivity contribution in [1.29, 1.82) is 0 Å². The number of aliphatic carboxylic acids is 1. The highest BCUT2D eigenvalue weighted by atomic mass is 32.2. The van der Waals surface area contributed by atoms with Crippen LogP contribution in [0, 0.1) is 0 Å². The van der Waals surface area contributed by atoms with E-state index < -0.39 is 26.9 Å². The van der Waals surface area contributed by atoms with Gasteiger partial charge in [0, 0.05) is 26.7 Å². The van der Waals surface area contributed by atoms with E-state index in [2.05, 4.69) is 4.90 Å². The number of anilines is 1. The topological polar surface area (TPSA) is 96.4 Å².